The molecule has 1 aliphatic heterocycles. The van der Waals surface area contributed by atoms with Gasteiger partial charge in [-0.3, -0.25) is 4.79 Å². The highest BCUT2D eigenvalue weighted by Crippen LogP contribution is 2.38. The molecule has 3 aromatic rings. The van der Waals surface area contributed by atoms with Crippen molar-refractivity contribution in [3.8, 4) is 17.2 Å². The Balaban J connectivity index is 1.52. The number of carbonyl (C=O) groups excluding carboxylic acids is 2. The maximum absolute atomic E-state index is 13.1. The third-order valence-electron chi connectivity index (χ3n) is 4.60. The van der Waals surface area contributed by atoms with Crippen molar-refractivity contribution >= 4 is 17.6 Å². The minimum Gasteiger partial charge on any atom is -0.492 e. The summed E-state index contributed by atoms with van der Waals surface area (Å²) in [7, 11) is 1.34. The molecule has 0 aliphatic carbocycles. The molecule has 1 heterocycles. The summed E-state index contributed by atoms with van der Waals surface area (Å²) in [6.45, 7) is 0.617. The molecule has 0 unspecified atom stereocenters. The van der Waals surface area contributed by atoms with Crippen LogP contribution in [-0.4, -0.2) is 32.1 Å². The van der Waals surface area contributed by atoms with Gasteiger partial charge in [0.05, 0.1) is 30.5 Å². The second-order valence-corrected chi connectivity index (χ2v) is 6.39. The van der Waals surface area contributed by atoms with Crippen LogP contribution in [0, 0.1) is 0 Å². The minimum absolute atomic E-state index is 0.143. The van der Waals surface area contributed by atoms with Crippen molar-refractivity contribution in [3.63, 3.8) is 0 Å². The molecule has 4 rings (SSSR count). The van der Waals surface area contributed by atoms with Gasteiger partial charge in [-0.15, -0.1) is 0 Å². The van der Waals surface area contributed by atoms with E-state index < -0.39 is 5.97 Å². The lowest BCUT2D eigenvalue weighted by atomic mass is 10.1. The van der Waals surface area contributed by atoms with Crippen LogP contribution in [0.5, 0.6) is 17.2 Å². The zero-order valence-electron chi connectivity index (χ0n) is 15.8. The molecule has 1 amide bonds. The number of methoxy groups -OCH3 is 1. The van der Waals surface area contributed by atoms with E-state index in [0.29, 0.717) is 40.6 Å². The Morgan fingerprint density at radius 1 is 0.931 bits per heavy atom. The smallest absolute Gasteiger partial charge is 0.337 e. The number of rotatable bonds is 5. The van der Waals surface area contributed by atoms with E-state index >= 15 is 0 Å². The van der Waals surface area contributed by atoms with Gasteiger partial charge in [0.25, 0.3) is 5.91 Å². The lowest BCUT2D eigenvalue weighted by molar-refractivity contribution is 0.0600. The maximum Gasteiger partial charge on any atom is 0.337 e. The zero-order valence-corrected chi connectivity index (χ0v) is 15.8. The van der Waals surface area contributed by atoms with E-state index in [-0.39, 0.29) is 12.5 Å². The molecule has 0 spiro atoms. The van der Waals surface area contributed by atoms with Crippen molar-refractivity contribution in [3.05, 3.63) is 83.9 Å². The molecule has 0 radical (unpaired) electrons. The van der Waals surface area contributed by atoms with Gasteiger partial charge in [0.1, 0.15) is 18.1 Å². The van der Waals surface area contributed by atoms with Gasteiger partial charge in [-0.05, 0) is 48.5 Å². The van der Waals surface area contributed by atoms with Crippen LogP contribution in [0.2, 0.25) is 0 Å². The fraction of sp³-hybridized carbons (Fsp3) is 0.130. The molecule has 0 N–H and O–H groups in total. The number of amides is 1. The summed E-state index contributed by atoms with van der Waals surface area (Å²) in [6, 6.07) is 21.3. The predicted octanol–water partition coefficient (Wildman–Crippen LogP) is 4.30. The number of para-hydroxylation sites is 3. The first-order valence-corrected chi connectivity index (χ1v) is 9.16. The molecule has 0 bridgehead atoms. The van der Waals surface area contributed by atoms with Gasteiger partial charge in [0.2, 0.25) is 0 Å². The molecule has 3 aromatic carbocycles. The molecular formula is C23H19NO5. The molecular weight excluding hydrogens is 370 g/mol. The van der Waals surface area contributed by atoms with E-state index in [1.165, 1.54) is 7.11 Å². The lowest BCUT2D eigenvalue weighted by Crippen LogP contribution is -2.34. The largest absolute Gasteiger partial charge is 0.492 e. The molecule has 0 saturated heterocycles. The van der Waals surface area contributed by atoms with E-state index in [4.69, 9.17) is 9.47 Å². The van der Waals surface area contributed by atoms with E-state index in [1.54, 1.807) is 41.3 Å². The van der Waals surface area contributed by atoms with Crippen molar-refractivity contribution in [2.45, 2.75) is 0 Å². The summed E-state index contributed by atoms with van der Waals surface area (Å²) in [5.41, 5.74) is 1.65. The van der Waals surface area contributed by atoms with Crippen LogP contribution < -0.4 is 14.4 Å². The van der Waals surface area contributed by atoms with Gasteiger partial charge < -0.3 is 19.1 Å². The first kappa shape index (κ1) is 18.6. The average molecular weight is 389 g/mol. The quantitative estimate of drug-likeness (QED) is 0.609. The van der Waals surface area contributed by atoms with Crippen molar-refractivity contribution in [1.29, 1.82) is 0 Å². The second kappa shape index (κ2) is 8.06. The highest BCUT2D eigenvalue weighted by molar-refractivity contribution is 6.09. The Hall–Kier alpha value is -3.80. The fourth-order valence-corrected chi connectivity index (χ4v) is 3.15. The minimum atomic E-state index is -0.401. The van der Waals surface area contributed by atoms with Gasteiger partial charge in [-0.2, -0.15) is 0 Å². The number of anilines is 1. The van der Waals surface area contributed by atoms with Gasteiger partial charge in [0.15, 0.2) is 5.75 Å². The number of benzene rings is 3. The summed E-state index contributed by atoms with van der Waals surface area (Å²) < 4.78 is 16.4. The number of carbonyl (C=O) groups is 2. The second-order valence-electron chi connectivity index (χ2n) is 6.39. The van der Waals surface area contributed by atoms with Crippen molar-refractivity contribution < 1.29 is 23.8 Å². The summed E-state index contributed by atoms with van der Waals surface area (Å²) in [6.07, 6.45) is 0. The molecule has 1 aliphatic rings. The van der Waals surface area contributed by atoms with Crippen LogP contribution in [0.4, 0.5) is 5.69 Å². The number of fused-ring (bicyclic) bond motifs is 2. The highest BCUT2D eigenvalue weighted by Gasteiger charge is 2.27. The van der Waals surface area contributed by atoms with Crippen molar-refractivity contribution in [2.24, 2.45) is 0 Å². The lowest BCUT2D eigenvalue weighted by Gasteiger charge is -2.22. The molecule has 0 aromatic heterocycles. The molecule has 6 nitrogen and oxygen atoms in total. The highest BCUT2D eigenvalue weighted by atomic mass is 16.5. The Morgan fingerprint density at radius 3 is 2.38 bits per heavy atom. The maximum atomic E-state index is 13.1. The van der Waals surface area contributed by atoms with Gasteiger partial charge in [-0.1, -0.05) is 24.3 Å². The van der Waals surface area contributed by atoms with Crippen LogP contribution in [0.25, 0.3) is 0 Å². The third-order valence-corrected chi connectivity index (χ3v) is 4.60. The monoisotopic (exact) mass is 389 g/mol. The van der Waals surface area contributed by atoms with E-state index in [2.05, 4.69) is 4.74 Å². The van der Waals surface area contributed by atoms with E-state index in [9.17, 15) is 9.59 Å². The predicted molar refractivity (Wildman–Crippen MR) is 108 cm³/mol. The molecule has 0 saturated carbocycles. The van der Waals surface area contributed by atoms with E-state index in [0.717, 1.165) is 0 Å². The zero-order chi connectivity index (χ0) is 20.2. The number of hydrogen-bond acceptors (Lipinski definition) is 5. The van der Waals surface area contributed by atoms with Crippen LogP contribution in [0.1, 0.15) is 20.7 Å². The molecule has 29 heavy (non-hydrogen) atoms. The summed E-state index contributed by atoms with van der Waals surface area (Å²) in [4.78, 5) is 26.3. The fourth-order valence-electron chi connectivity index (χ4n) is 3.15. The van der Waals surface area contributed by atoms with Crippen LogP contribution in [0.15, 0.2) is 72.8 Å². The van der Waals surface area contributed by atoms with Crippen LogP contribution >= 0.6 is 0 Å². The Kier molecular flexibility index (Phi) is 5.16. The topological polar surface area (TPSA) is 65.1 Å². The van der Waals surface area contributed by atoms with Crippen LogP contribution in [0.3, 0.4) is 0 Å². The SMILES string of the molecule is COC(=O)c1ccc(OCCN2C(=O)c3ccccc3Oc3ccccc32)cc1. The summed E-state index contributed by atoms with van der Waals surface area (Å²) in [5, 5.41) is 0. The summed E-state index contributed by atoms with van der Waals surface area (Å²) in [5.74, 6) is 1.21. The van der Waals surface area contributed by atoms with E-state index in [1.807, 2.05) is 36.4 Å². The van der Waals surface area contributed by atoms with Crippen molar-refractivity contribution in [2.75, 3.05) is 25.2 Å². The van der Waals surface area contributed by atoms with Crippen LogP contribution in [-0.2, 0) is 4.74 Å². The normalized spacial score (nSPS) is 12.3. The number of hydrogen-bond donors (Lipinski definition) is 0. The first-order chi connectivity index (χ1) is 14.2. The van der Waals surface area contributed by atoms with Crippen molar-refractivity contribution in [1.82, 2.24) is 0 Å². The molecule has 0 atom stereocenters. The Morgan fingerprint density at radius 2 is 1.62 bits per heavy atom. The number of ether oxygens (including phenoxy) is 3. The Labute approximate surface area is 168 Å². The number of esters is 1. The van der Waals surface area contributed by atoms with Gasteiger partial charge in [0, 0.05) is 0 Å². The molecule has 146 valence electrons. The van der Waals surface area contributed by atoms with Gasteiger partial charge in [-0.25, -0.2) is 4.79 Å². The molecule has 0 fully saturated rings. The average Bonchev–Trinajstić information content (AvgIpc) is 2.88. The summed E-state index contributed by atoms with van der Waals surface area (Å²) >= 11 is 0. The molecule has 6 heteroatoms. The van der Waals surface area contributed by atoms with Gasteiger partial charge >= 0.3 is 5.97 Å². The standard InChI is InChI=1S/C23H19NO5/c1-27-23(26)16-10-12-17(13-11-16)28-15-14-24-19-7-3-5-9-21(19)29-20-8-4-2-6-18(20)22(24)25/h2-13H,14-15H2,1H3. The third kappa shape index (κ3) is 3.78. The Bertz CT molecular complexity index is 1050. The first-order valence-electron chi connectivity index (χ1n) is 9.16. The number of nitrogens with zero attached hydrogens (tertiary/aromatic N) is 1.